The van der Waals surface area contributed by atoms with E-state index in [1.807, 2.05) is 24.4 Å². The molecule has 9 nitrogen and oxygen atoms in total. The summed E-state index contributed by atoms with van der Waals surface area (Å²) >= 11 is 7.52. The number of rotatable bonds is 13. The van der Waals surface area contributed by atoms with Crippen LogP contribution in [0.3, 0.4) is 0 Å². The van der Waals surface area contributed by atoms with Crippen LogP contribution in [0.2, 0.25) is 5.02 Å². The zero-order valence-corrected chi connectivity index (χ0v) is 24.8. The van der Waals surface area contributed by atoms with E-state index in [2.05, 4.69) is 4.98 Å². The molecule has 0 fully saturated rings. The zero-order chi connectivity index (χ0) is 28.7. The number of aryl methyl sites for hydroxylation is 1. The molecular formula is C28H30ClN3O6S2. The number of thiophene rings is 1. The molecule has 212 valence electrons. The van der Waals surface area contributed by atoms with Crippen molar-refractivity contribution in [2.24, 2.45) is 0 Å². The number of aromatic nitrogens is 1. The van der Waals surface area contributed by atoms with Crippen LogP contribution in [0.1, 0.15) is 23.9 Å². The summed E-state index contributed by atoms with van der Waals surface area (Å²) in [6.45, 7) is 3.52. The summed E-state index contributed by atoms with van der Waals surface area (Å²) in [4.78, 5) is 17.9. The first kappa shape index (κ1) is 29.6. The van der Waals surface area contributed by atoms with E-state index in [1.54, 1.807) is 66.8 Å². The molecule has 0 amide bonds. The summed E-state index contributed by atoms with van der Waals surface area (Å²) < 4.78 is 46.1. The topological polar surface area (TPSA) is 102 Å². The second-order valence-electron chi connectivity index (χ2n) is 8.77. The summed E-state index contributed by atoms with van der Waals surface area (Å²) in [5, 5.41) is 2.45. The number of oxazole rings is 1. The summed E-state index contributed by atoms with van der Waals surface area (Å²) in [5.74, 6) is 1.26. The molecule has 40 heavy (non-hydrogen) atoms. The Morgan fingerprint density at radius 2 is 1.90 bits per heavy atom. The molecule has 0 N–H and O–H groups in total. The summed E-state index contributed by atoms with van der Waals surface area (Å²) in [6.07, 6.45) is 0.542. The number of hydrogen-bond donors (Lipinski definition) is 0. The van der Waals surface area contributed by atoms with Crippen molar-refractivity contribution in [2.45, 2.75) is 26.8 Å². The SMILES string of the molecule is CCOC(=O)CN(Cc1cccc(OCCc2nc(-c3cccs3)oc2C)c1)S(=O)(=O)N(C)c1ccc(Cl)cc1. The molecule has 0 spiro atoms. The summed E-state index contributed by atoms with van der Waals surface area (Å²) in [6, 6.07) is 17.4. The van der Waals surface area contributed by atoms with E-state index in [0.29, 0.717) is 40.9 Å². The molecule has 0 saturated heterocycles. The van der Waals surface area contributed by atoms with E-state index in [4.69, 9.17) is 25.5 Å². The molecule has 0 radical (unpaired) electrons. The van der Waals surface area contributed by atoms with Crippen LogP contribution in [0.5, 0.6) is 5.75 Å². The number of carbonyl (C=O) groups is 1. The molecule has 2 aromatic heterocycles. The molecule has 4 rings (SSSR count). The lowest BCUT2D eigenvalue weighted by Gasteiger charge is -2.28. The Bertz CT molecular complexity index is 1520. The monoisotopic (exact) mass is 603 g/mol. The fourth-order valence-corrected chi connectivity index (χ4v) is 5.99. The first-order chi connectivity index (χ1) is 19.2. The van der Waals surface area contributed by atoms with Crippen LogP contribution in [0.4, 0.5) is 5.69 Å². The lowest BCUT2D eigenvalue weighted by Crippen LogP contribution is -2.44. The van der Waals surface area contributed by atoms with Gasteiger partial charge in [-0.2, -0.15) is 12.7 Å². The number of benzene rings is 2. The number of esters is 1. The lowest BCUT2D eigenvalue weighted by atomic mass is 10.2. The molecule has 12 heteroatoms. The van der Waals surface area contributed by atoms with Crippen molar-refractivity contribution in [1.29, 1.82) is 0 Å². The third-order valence-corrected chi connectivity index (χ3v) is 8.89. The van der Waals surface area contributed by atoms with Crippen LogP contribution in [0, 0.1) is 6.92 Å². The molecule has 0 unspecified atom stereocenters. The van der Waals surface area contributed by atoms with Crippen LogP contribution in [-0.2, 0) is 32.7 Å². The maximum absolute atomic E-state index is 13.6. The average molecular weight is 604 g/mol. The Balaban J connectivity index is 1.46. The highest BCUT2D eigenvalue weighted by Gasteiger charge is 2.30. The van der Waals surface area contributed by atoms with E-state index in [-0.39, 0.29) is 13.2 Å². The fraction of sp³-hybridized carbons (Fsp3) is 0.286. The van der Waals surface area contributed by atoms with Gasteiger partial charge in [-0.1, -0.05) is 29.8 Å². The van der Waals surface area contributed by atoms with Gasteiger partial charge < -0.3 is 13.9 Å². The third-order valence-electron chi connectivity index (χ3n) is 5.96. The Morgan fingerprint density at radius 3 is 2.60 bits per heavy atom. The average Bonchev–Trinajstić information content (AvgIpc) is 3.59. The van der Waals surface area contributed by atoms with Crippen LogP contribution in [0.15, 0.2) is 70.5 Å². The van der Waals surface area contributed by atoms with Crippen LogP contribution in [0.25, 0.3) is 10.8 Å². The molecule has 2 aromatic carbocycles. The van der Waals surface area contributed by atoms with Crippen molar-refractivity contribution in [3.8, 4) is 16.5 Å². The predicted octanol–water partition coefficient (Wildman–Crippen LogP) is 5.73. The molecule has 0 aliphatic carbocycles. The van der Waals surface area contributed by atoms with Gasteiger partial charge in [0.2, 0.25) is 5.89 Å². The fourth-order valence-electron chi connectivity index (χ4n) is 3.90. The summed E-state index contributed by atoms with van der Waals surface area (Å²) in [5.41, 5.74) is 1.87. The van der Waals surface area contributed by atoms with Gasteiger partial charge >= 0.3 is 16.2 Å². The van der Waals surface area contributed by atoms with Crippen molar-refractivity contribution in [3.63, 3.8) is 0 Å². The van der Waals surface area contributed by atoms with Crippen LogP contribution < -0.4 is 9.04 Å². The molecule has 0 aliphatic heterocycles. The molecule has 0 saturated carbocycles. The Kier molecular flexibility index (Phi) is 9.85. The maximum atomic E-state index is 13.6. The molecule has 0 atom stereocenters. The van der Waals surface area contributed by atoms with Gasteiger partial charge in [-0.05, 0) is 67.3 Å². The van der Waals surface area contributed by atoms with Crippen molar-refractivity contribution in [3.05, 3.63) is 88.1 Å². The highest BCUT2D eigenvalue weighted by atomic mass is 35.5. The standard InChI is InChI=1S/C28H30ClN3O6S2/c1-4-36-27(33)19-32(40(34,35)31(3)23-12-10-22(29)11-13-23)18-21-7-5-8-24(17-21)37-15-14-25-20(2)38-28(30-25)26-9-6-16-39-26/h5-13,16-17H,4,14-15,18-19H2,1-3H3. The number of ether oxygens (including phenoxy) is 2. The van der Waals surface area contributed by atoms with Gasteiger partial charge in [0.25, 0.3) is 0 Å². The minimum absolute atomic E-state index is 0.0666. The second-order valence-corrected chi connectivity index (χ2v) is 12.1. The van der Waals surface area contributed by atoms with Gasteiger partial charge in [0, 0.05) is 25.0 Å². The minimum atomic E-state index is -4.10. The smallest absolute Gasteiger partial charge is 0.321 e. The van der Waals surface area contributed by atoms with Crippen molar-refractivity contribution >= 4 is 44.8 Å². The van der Waals surface area contributed by atoms with Crippen molar-refractivity contribution in [1.82, 2.24) is 9.29 Å². The Hall–Kier alpha value is -3.38. The normalized spacial score (nSPS) is 11.5. The second kappa shape index (κ2) is 13.3. The zero-order valence-electron chi connectivity index (χ0n) is 22.4. The predicted molar refractivity (Wildman–Crippen MR) is 156 cm³/mol. The van der Waals surface area contributed by atoms with E-state index in [1.165, 1.54) is 7.05 Å². The van der Waals surface area contributed by atoms with Crippen LogP contribution in [-0.4, -0.2) is 50.5 Å². The van der Waals surface area contributed by atoms with Crippen LogP contribution >= 0.6 is 22.9 Å². The minimum Gasteiger partial charge on any atom is -0.493 e. The number of carbonyl (C=O) groups excluding carboxylic acids is 1. The maximum Gasteiger partial charge on any atom is 0.321 e. The Labute approximate surface area is 243 Å². The first-order valence-corrected chi connectivity index (χ1v) is 15.2. The summed E-state index contributed by atoms with van der Waals surface area (Å²) in [7, 11) is -2.68. The van der Waals surface area contributed by atoms with Gasteiger partial charge in [0.1, 0.15) is 18.1 Å². The van der Waals surface area contributed by atoms with Gasteiger partial charge in [-0.25, -0.2) is 4.98 Å². The number of nitrogens with zero attached hydrogens (tertiary/aromatic N) is 3. The van der Waals surface area contributed by atoms with Gasteiger partial charge in [-0.15, -0.1) is 11.3 Å². The first-order valence-electron chi connectivity index (χ1n) is 12.5. The Morgan fingerprint density at radius 1 is 1.12 bits per heavy atom. The molecule has 0 bridgehead atoms. The van der Waals surface area contributed by atoms with E-state index in [0.717, 1.165) is 24.9 Å². The molecule has 2 heterocycles. The highest BCUT2D eigenvalue weighted by Crippen LogP contribution is 2.27. The number of halogens is 1. The van der Waals surface area contributed by atoms with E-state index >= 15 is 0 Å². The van der Waals surface area contributed by atoms with Gasteiger partial charge in [0.15, 0.2) is 0 Å². The number of anilines is 1. The molecule has 0 aliphatic rings. The van der Waals surface area contributed by atoms with Gasteiger partial charge in [-0.3, -0.25) is 9.10 Å². The van der Waals surface area contributed by atoms with E-state index < -0.39 is 22.7 Å². The molecule has 4 aromatic rings. The van der Waals surface area contributed by atoms with Crippen molar-refractivity contribution < 1.29 is 27.1 Å². The van der Waals surface area contributed by atoms with Crippen molar-refractivity contribution in [2.75, 3.05) is 31.1 Å². The molecular weight excluding hydrogens is 574 g/mol. The highest BCUT2D eigenvalue weighted by molar-refractivity contribution is 7.90. The third kappa shape index (κ3) is 7.42. The van der Waals surface area contributed by atoms with Gasteiger partial charge in [0.05, 0.1) is 29.5 Å². The number of hydrogen-bond acceptors (Lipinski definition) is 8. The largest absolute Gasteiger partial charge is 0.493 e. The lowest BCUT2D eigenvalue weighted by molar-refractivity contribution is -0.143. The van der Waals surface area contributed by atoms with E-state index in [9.17, 15) is 13.2 Å². The quantitative estimate of drug-likeness (QED) is 0.180.